The highest BCUT2D eigenvalue weighted by Crippen LogP contribution is 2.24. The second kappa shape index (κ2) is 10.4. The lowest BCUT2D eigenvalue weighted by Gasteiger charge is -2.18. The molecule has 0 saturated heterocycles. The quantitative estimate of drug-likeness (QED) is 0.484. The number of carbonyl (C=O) groups is 3. The number of amides is 2. The van der Waals surface area contributed by atoms with Crippen molar-refractivity contribution in [1.82, 2.24) is 4.98 Å². The van der Waals surface area contributed by atoms with Gasteiger partial charge in [-0.1, -0.05) is 55.8 Å². The standard InChI is InChI=1S/C16H18N2O3S.C7H6ClNO/c1-9-12(14(20)21)22-15(17-9)18-13(19)10-5-7-11(8-6-10)16(2,3)4;8-6-3-1-5(2-4-6)7(9)10/h5-8H,1-4H3,(H,20,21)(H,17,18,19);1-4H,(H2,9,10). The van der Waals surface area contributed by atoms with Crippen LogP contribution in [0.3, 0.4) is 0 Å². The summed E-state index contributed by atoms with van der Waals surface area (Å²) in [5.74, 6) is -1.77. The Morgan fingerprint density at radius 2 is 1.53 bits per heavy atom. The fourth-order valence-electron chi connectivity index (χ4n) is 2.55. The largest absolute Gasteiger partial charge is 0.477 e. The van der Waals surface area contributed by atoms with E-state index in [1.807, 2.05) is 12.1 Å². The number of carboxylic acids is 1. The van der Waals surface area contributed by atoms with E-state index in [-0.39, 0.29) is 16.2 Å². The van der Waals surface area contributed by atoms with Gasteiger partial charge in [0.25, 0.3) is 5.91 Å². The lowest BCUT2D eigenvalue weighted by atomic mass is 9.87. The summed E-state index contributed by atoms with van der Waals surface area (Å²) >= 11 is 6.52. The van der Waals surface area contributed by atoms with Crippen LogP contribution in [0, 0.1) is 6.92 Å². The Balaban J connectivity index is 0.000000303. The molecule has 0 bridgehead atoms. The zero-order valence-electron chi connectivity index (χ0n) is 18.1. The number of rotatable bonds is 4. The molecule has 0 radical (unpaired) electrons. The minimum Gasteiger partial charge on any atom is -0.477 e. The van der Waals surface area contributed by atoms with Gasteiger partial charge in [0.15, 0.2) is 5.13 Å². The maximum absolute atomic E-state index is 12.2. The number of anilines is 1. The van der Waals surface area contributed by atoms with E-state index in [1.165, 1.54) is 0 Å². The van der Waals surface area contributed by atoms with Crippen molar-refractivity contribution in [3.63, 3.8) is 0 Å². The monoisotopic (exact) mass is 473 g/mol. The van der Waals surface area contributed by atoms with Crippen LogP contribution in [-0.4, -0.2) is 27.9 Å². The van der Waals surface area contributed by atoms with E-state index in [2.05, 4.69) is 31.1 Å². The van der Waals surface area contributed by atoms with E-state index in [4.69, 9.17) is 22.4 Å². The van der Waals surface area contributed by atoms with Crippen LogP contribution < -0.4 is 11.1 Å². The van der Waals surface area contributed by atoms with Crippen molar-refractivity contribution in [1.29, 1.82) is 0 Å². The number of nitrogens with zero attached hydrogens (tertiary/aromatic N) is 1. The van der Waals surface area contributed by atoms with Crippen molar-refractivity contribution < 1.29 is 19.5 Å². The summed E-state index contributed by atoms with van der Waals surface area (Å²) in [5.41, 5.74) is 7.54. The van der Waals surface area contributed by atoms with Gasteiger partial charge in [-0.15, -0.1) is 0 Å². The number of nitrogens with two attached hydrogens (primary N) is 1. The van der Waals surface area contributed by atoms with E-state index in [1.54, 1.807) is 43.3 Å². The number of benzene rings is 2. The molecule has 4 N–H and O–H groups in total. The van der Waals surface area contributed by atoms with Crippen LogP contribution in [0.5, 0.6) is 0 Å². The van der Waals surface area contributed by atoms with Gasteiger partial charge in [-0.2, -0.15) is 0 Å². The van der Waals surface area contributed by atoms with Crippen LogP contribution in [0.15, 0.2) is 48.5 Å². The highest BCUT2D eigenvalue weighted by atomic mass is 35.5. The highest BCUT2D eigenvalue weighted by Gasteiger charge is 2.17. The first-order chi connectivity index (χ1) is 14.9. The van der Waals surface area contributed by atoms with Gasteiger partial charge in [-0.25, -0.2) is 9.78 Å². The molecule has 0 aliphatic rings. The number of hydrogen-bond acceptors (Lipinski definition) is 5. The van der Waals surface area contributed by atoms with E-state index in [9.17, 15) is 14.4 Å². The summed E-state index contributed by atoms with van der Waals surface area (Å²) in [7, 11) is 0. The average Bonchev–Trinajstić information content (AvgIpc) is 3.08. The molecule has 9 heteroatoms. The molecule has 1 heterocycles. The molecule has 168 valence electrons. The summed E-state index contributed by atoms with van der Waals surface area (Å²) in [6.07, 6.45) is 0. The molecule has 0 saturated carbocycles. The average molecular weight is 474 g/mol. The zero-order chi connectivity index (χ0) is 24.1. The summed E-state index contributed by atoms with van der Waals surface area (Å²) in [4.78, 5) is 37.8. The van der Waals surface area contributed by atoms with Gasteiger partial charge in [-0.3, -0.25) is 14.9 Å². The molecule has 2 amide bonds. The van der Waals surface area contributed by atoms with Crippen LogP contribution in [-0.2, 0) is 5.41 Å². The Kier molecular flexibility index (Phi) is 8.13. The minimum absolute atomic E-state index is 0.0256. The first-order valence-electron chi connectivity index (χ1n) is 9.56. The fourth-order valence-corrected chi connectivity index (χ4v) is 3.48. The third-order valence-corrected chi connectivity index (χ3v) is 5.67. The van der Waals surface area contributed by atoms with Crippen molar-refractivity contribution in [3.8, 4) is 0 Å². The topological polar surface area (TPSA) is 122 Å². The minimum atomic E-state index is -1.04. The van der Waals surface area contributed by atoms with Gasteiger partial charge >= 0.3 is 5.97 Å². The number of thiazole rings is 1. The molecule has 1 aromatic heterocycles. The number of carboxylic acid groups (broad SMARTS) is 1. The van der Waals surface area contributed by atoms with Crippen molar-refractivity contribution in [2.75, 3.05) is 5.32 Å². The molecule has 0 aliphatic heterocycles. The molecule has 3 rings (SSSR count). The Bertz CT molecular complexity index is 1120. The summed E-state index contributed by atoms with van der Waals surface area (Å²) in [6.45, 7) is 7.92. The number of nitrogens with one attached hydrogen (secondary N) is 1. The number of aromatic nitrogens is 1. The SMILES string of the molecule is Cc1nc(NC(=O)c2ccc(C(C)(C)C)cc2)sc1C(=O)O.NC(=O)c1ccc(Cl)cc1. The molecule has 32 heavy (non-hydrogen) atoms. The van der Waals surface area contributed by atoms with Crippen molar-refractivity contribution in [2.45, 2.75) is 33.1 Å². The first-order valence-corrected chi connectivity index (χ1v) is 10.8. The summed E-state index contributed by atoms with van der Waals surface area (Å²) in [5, 5.41) is 12.5. The van der Waals surface area contributed by atoms with Gasteiger partial charge < -0.3 is 10.8 Å². The van der Waals surface area contributed by atoms with Gasteiger partial charge in [0.1, 0.15) is 4.88 Å². The number of aromatic carboxylic acids is 1. The number of carbonyl (C=O) groups excluding carboxylic acids is 2. The molecule has 3 aromatic rings. The van der Waals surface area contributed by atoms with Gasteiger partial charge in [0, 0.05) is 16.1 Å². The molecule has 0 spiro atoms. The molecule has 0 aliphatic carbocycles. The smallest absolute Gasteiger partial charge is 0.347 e. The van der Waals surface area contributed by atoms with Crippen molar-refractivity contribution in [3.05, 3.63) is 80.8 Å². The predicted octanol–water partition coefficient (Wildman–Crippen LogP) is 5.14. The third-order valence-electron chi connectivity index (χ3n) is 4.35. The normalized spacial score (nSPS) is 10.7. The zero-order valence-corrected chi connectivity index (χ0v) is 19.7. The second-order valence-corrected chi connectivity index (χ2v) is 9.33. The summed E-state index contributed by atoms with van der Waals surface area (Å²) in [6, 6.07) is 13.8. The second-order valence-electron chi connectivity index (χ2n) is 7.89. The maximum Gasteiger partial charge on any atom is 0.347 e. The number of hydrogen-bond donors (Lipinski definition) is 3. The molecular weight excluding hydrogens is 450 g/mol. The lowest BCUT2D eigenvalue weighted by molar-refractivity contribution is 0.0700. The van der Waals surface area contributed by atoms with Gasteiger partial charge in [-0.05, 0) is 54.3 Å². The van der Waals surface area contributed by atoms with Crippen LogP contribution >= 0.6 is 22.9 Å². The first kappa shape index (κ1) is 25.0. The van der Waals surface area contributed by atoms with Crippen molar-refractivity contribution >= 4 is 45.9 Å². The Morgan fingerprint density at radius 3 is 1.97 bits per heavy atom. The molecule has 2 aromatic carbocycles. The Morgan fingerprint density at radius 1 is 1.00 bits per heavy atom. The lowest BCUT2D eigenvalue weighted by Crippen LogP contribution is -2.14. The molecular formula is C23H24ClN3O4S. The van der Waals surface area contributed by atoms with Crippen LogP contribution in [0.25, 0.3) is 0 Å². The van der Waals surface area contributed by atoms with E-state index in [0.29, 0.717) is 27.0 Å². The third kappa shape index (κ3) is 6.90. The van der Waals surface area contributed by atoms with E-state index < -0.39 is 11.9 Å². The van der Waals surface area contributed by atoms with Crippen molar-refractivity contribution in [2.24, 2.45) is 5.73 Å². The molecule has 0 atom stereocenters. The predicted molar refractivity (Wildman–Crippen MR) is 127 cm³/mol. The van der Waals surface area contributed by atoms with Crippen LogP contribution in [0.4, 0.5) is 5.13 Å². The number of primary amides is 1. The fraction of sp³-hybridized carbons (Fsp3) is 0.217. The molecule has 7 nitrogen and oxygen atoms in total. The Labute approximate surface area is 195 Å². The number of halogens is 1. The maximum atomic E-state index is 12.2. The Hall–Kier alpha value is -3.23. The summed E-state index contributed by atoms with van der Waals surface area (Å²) < 4.78 is 0. The van der Waals surface area contributed by atoms with Gasteiger partial charge in [0.05, 0.1) is 5.69 Å². The van der Waals surface area contributed by atoms with Crippen LogP contribution in [0.2, 0.25) is 5.02 Å². The van der Waals surface area contributed by atoms with Crippen LogP contribution in [0.1, 0.15) is 62.4 Å². The van der Waals surface area contributed by atoms with E-state index >= 15 is 0 Å². The number of aryl methyl sites for hydroxylation is 1. The highest BCUT2D eigenvalue weighted by molar-refractivity contribution is 7.17. The van der Waals surface area contributed by atoms with E-state index in [0.717, 1.165) is 16.9 Å². The van der Waals surface area contributed by atoms with Gasteiger partial charge in [0.2, 0.25) is 5.91 Å². The molecule has 0 unspecified atom stereocenters. The molecule has 0 fully saturated rings.